The van der Waals surface area contributed by atoms with Crippen LogP contribution in [0.5, 0.6) is 0 Å². The summed E-state index contributed by atoms with van der Waals surface area (Å²) in [6.45, 7) is 11.9. The third-order valence-corrected chi connectivity index (χ3v) is 6.74. The maximum absolute atomic E-state index is 12.2. The molecule has 0 saturated carbocycles. The maximum Gasteiger partial charge on any atom is 0.166 e. The molecule has 1 rings (SSSR count). The third kappa shape index (κ3) is 5.25. The van der Waals surface area contributed by atoms with Gasteiger partial charge in [0, 0.05) is 41.9 Å². The number of hydrogen-bond donors (Lipinski definition) is 1. The number of sulfone groups is 1. The molecular formula is C13H28N2O2S2. The number of nitrogens with zero attached hydrogens (tertiary/aromatic N) is 1. The van der Waals surface area contributed by atoms with Crippen molar-refractivity contribution in [3.8, 4) is 0 Å². The van der Waals surface area contributed by atoms with Gasteiger partial charge in [0.15, 0.2) is 9.84 Å². The van der Waals surface area contributed by atoms with Crippen molar-refractivity contribution in [1.29, 1.82) is 0 Å². The van der Waals surface area contributed by atoms with E-state index >= 15 is 0 Å². The second-order valence-electron chi connectivity index (χ2n) is 6.20. The van der Waals surface area contributed by atoms with E-state index in [0.29, 0.717) is 5.75 Å². The summed E-state index contributed by atoms with van der Waals surface area (Å²) < 4.78 is 24.4. The number of rotatable bonds is 5. The van der Waals surface area contributed by atoms with Gasteiger partial charge in [-0.2, -0.15) is 11.8 Å². The lowest BCUT2D eigenvalue weighted by atomic mass is 10.1. The maximum atomic E-state index is 12.2. The SMILES string of the molecule is CCS(=O)(=O)C1CSCCN1C(C)CNC(C)(C)C. The molecule has 0 amide bonds. The van der Waals surface area contributed by atoms with Gasteiger partial charge in [-0.25, -0.2) is 8.42 Å². The lowest BCUT2D eigenvalue weighted by molar-refractivity contribution is 0.191. The normalized spacial score (nSPS) is 24.4. The van der Waals surface area contributed by atoms with Crippen molar-refractivity contribution < 1.29 is 8.42 Å². The molecule has 1 heterocycles. The zero-order valence-electron chi connectivity index (χ0n) is 12.8. The summed E-state index contributed by atoms with van der Waals surface area (Å²) in [4.78, 5) is 2.16. The summed E-state index contributed by atoms with van der Waals surface area (Å²) in [5, 5.41) is 3.15. The summed E-state index contributed by atoms with van der Waals surface area (Å²) in [7, 11) is -2.99. The minimum atomic E-state index is -2.99. The average molecular weight is 309 g/mol. The highest BCUT2D eigenvalue weighted by atomic mass is 32.2. The average Bonchev–Trinajstić information content (AvgIpc) is 2.35. The highest BCUT2D eigenvalue weighted by Crippen LogP contribution is 2.23. The van der Waals surface area contributed by atoms with Crippen molar-refractivity contribution in [3.05, 3.63) is 0 Å². The van der Waals surface area contributed by atoms with Crippen molar-refractivity contribution >= 4 is 21.6 Å². The molecule has 0 aromatic carbocycles. The molecule has 1 aliphatic heterocycles. The lowest BCUT2D eigenvalue weighted by Gasteiger charge is -2.39. The van der Waals surface area contributed by atoms with E-state index in [2.05, 4.69) is 37.9 Å². The predicted octanol–water partition coefficient (Wildman–Crippen LogP) is 1.57. The molecule has 6 heteroatoms. The molecule has 0 radical (unpaired) electrons. The molecule has 0 aromatic rings. The molecule has 2 unspecified atom stereocenters. The Kier molecular flexibility index (Phi) is 6.17. The van der Waals surface area contributed by atoms with Gasteiger partial charge in [0.05, 0.1) is 0 Å². The first-order chi connectivity index (χ1) is 8.67. The van der Waals surface area contributed by atoms with Gasteiger partial charge in [-0.3, -0.25) is 4.90 Å². The Morgan fingerprint density at radius 3 is 2.58 bits per heavy atom. The Bertz CT molecular complexity index is 377. The van der Waals surface area contributed by atoms with Crippen LogP contribution in [-0.2, 0) is 9.84 Å². The largest absolute Gasteiger partial charge is 0.311 e. The number of thioether (sulfide) groups is 1. The Morgan fingerprint density at radius 2 is 2.05 bits per heavy atom. The van der Waals surface area contributed by atoms with Gasteiger partial charge in [0.2, 0.25) is 0 Å². The fourth-order valence-corrected chi connectivity index (χ4v) is 5.30. The molecule has 1 aliphatic rings. The minimum Gasteiger partial charge on any atom is -0.311 e. The molecule has 1 N–H and O–H groups in total. The molecule has 114 valence electrons. The van der Waals surface area contributed by atoms with Crippen molar-refractivity contribution in [1.82, 2.24) is 10.2 Å². The van der Waals surface area contributed by atoms with Crippen LogP contribution < -0.4 is 5.32 Å². The van der Waals surface area contributed by atoms with Crippen LogP contribution in [0.1, 0.15) is 34.6 Å². The molecule has 0 bridgehead atoms. The Labute approximate surface area is 122 Å². The number of hydrogen-bond acceptors (Lipinski definition) is 5. The van der Waals surface area contributed by atoms with Gasteiger partial charge < -0.3 is 5.32 Å². The Morgan fingerprint density at radius 1 is 1.42 bits per heavy atom. The van der Waals surface area contributed by atoms with Gasteiger partial charge >= 0.3 is 0 Å². The predicted molar refractivity (Wildman–Crippen MR) is 84.5 cm³/mol. The smallest absolute Gasteiger partial charge is 0.166 e. The lowest BCUT2D eigenvalue weighted by Crippen LogP contribution is -2.55. The summed E-state index contributed by atoms with van der Waals surface area (Å²) in [6, 6.07) is 0.242. The van der Waals surface area contributed by atoms with E-state index in [-0.39, 0.29) is 22.7 Å². The molecule has 19 heavy (non-hydrogen) atoms. The first-order valence-corrected chi connectivity index (χ1v) is 9.84. The summed E-state index contributed by atoms with van der Waals surface area (Å²) in [5.41, 5.74) is 0.0674. The van der Waals surface area contributed by atoms with Crippen LogP contribution in [0.25, 0.3) is 0 Å². The van der Waals surface area contributed by atoms with Gasteiger partial charge in [-0.05, 0) is 27.7 Å². The van der Waals surface area contributed by atoms with Crippen LogP contribution in [0.15, 0.2) is 0 Å². The van der Waals surface area contributed by atoms with E-state index in [1.165, 1.54) is 0 Å². The van der Waals surface area contributed by atoms with E-state index in [4.69, 9.17) is 0 Å². The highest BCUT2D eigenvalue weighted by Gasteiger charge is 2.35. The van der Waals surface area contributed by atoms with Crippen LogP contribution in [0, 0.1) is 0 Å². The zero-order valence-corrected chi connectivity index (χ0v) is 14.4. The monoisotopic (exact) mass is 308 g/mol. The third-order valence-electron chi connectivity index (χ3n) is 3.44. The first-order valence-electron chi connectivity index (χ1n) is 6.97. The van der Waals surface area contributed by atoms with Gasteiger partial charge in [0.25, 0.3) is 0 Å². The Balaban J connectivity index is 2.72. The van der Waals surface area contributed by atoms with Crippen molar-refractivity contribution in [2.45, 2.75) is 51.6 Å². The van der Waals surface area contributed by atoms with Crippen LogP contribution in [0.2, 0.25) is 0 Å². The van der Waals surface area contributed by atoms with Crippen LogP contribution in [0.4, 0.5) is 0 Å². The zero-order chi connectivity index (χ0) is 14.7. The summed E-state index contributed by atoms with van der Waals surface area (Å²) in [6.07, 6.45) is 0. The second kappa shape index (κ2) is 6.78. The van der Waals surface area contributed by atoms with E-state index in [1.54, 1.807) is 18.7 Å². The van der Waals surface area contributed by atoms with E-state index in [0.717, 1.165) is 18.8 Å². The standard InChI is InChI=1S/C13H28N2O2S2/c1-6-19(16,17)12-10-18-8-7-15(12)11(2)9-14-13(3,4)5/h11-12,14H,6-10H2,1-5H3. The fourth-order valence-electron chi connectivity index (χ4n) is 2.17. The first kappa shape index (κ1) is 17.3. The van der Waals surface area contributed by atoms with E-state index in [1.807, 2.05) is 0 Å². The van der Waals surface area contributed by atoms with Gasteiger partial charge in [-0.15, -0.1) is 0 Å². The quantitative estimate of drug-likeness (QED) is 0.835. The topological polar surface area (TPSA) is 49.4 Å². The number of nitrogens with one attached hydrogen (secondary N) is 1. The molecule has 0 aliphatic carbocycles. The van der Waals surface area contributed by atoms with Crippen molar-refractivity contribution in [2.75, 3.05) is 30.3 Å². The molecule has 1 saturated heterocycles. The molecular weight excluding hydrogens is 280 g/mol. The van der Waals surface area contributed by atoms with Crippen LogP contribution in [0.3, 0.4) is 0 Å². The Hall–Kier alpha value is 0.220. The second-order valence-corrected chi connectivity index (χ2v) is 9.80. The molecule has 4 nitrogen and oxygen atoms in total. The summed E-state index contributed by atoms with van der Waals surface area (Å²) >= 11 is 1.75. The van der Waals surface area contributed by atoms with Crippen molar-refractivity contribution in [2.24, 2.45) is 0 Å². The van der Waals surface area contributed by atoms with Gasteiger partial charge in [-0.1, -0.05) is 6.92 Å². The molecule has 0 spiro atoms. The molecule has 0 aromatic heterocycles. The van der Waals surface area contributed by atoms with E-state index < -0.39 is 9.84 Å². The van der Waals surface area contributed by atoms with Crippen LogP contribution in [-0.4, -0.2) is 60.6 Å². The van der Waals surface area contributed by atoms with Crippen molar-refractivity contribution in [3.63, 3.8) is 0 Å². The fraction of sp³-hybridized carbons (Fsp3) is 1.00. The molecule has 1 fully saturated rings. The molecule has 2 atom stereocenters. The van der Waals surface area contributed by atoms with Gasteiger partial charge in [0.1, 0.15) is 5.37 Å². The van der Waals surface area contributed by atoms with Crippen LogP contribution >= 0.6 is 11.8 Å². The minimum absolute atomic E-state index is 0.0674. The summed E-state index contributed by atoms with van der Waals surface area (Å²) in [5.74, 6) is 1.96. The van der Waals surface area contributed by atoms with E-state index in [9.17, 15) is 8.42 Å². The highest BCUT2D eigenvalue weighted by molar-refractivity contribution is 8.01.